The molecule has 1 unspecified atom stereocenters. The predicted octanol–water partition coefficient (Wildman–Crippen LogP) is 3.15. The van der Waals surface area contributed by atoms with Gasteiger partial charge in [-0.2, -0.15) is 0 Å². The molecule has 0 aliphatic carbocycles. The zero-order valence-electron chi connectivity index (χ0n) is 11.9. The quantitative estimate of drug-likeness (QED) is 0.807. The maximum absolute atomic E-state index is 11.6. The molecule has 0 heterocycles. The number of benzene rings is 1. The van der Waals surface area contributed by atoms with Gasteiger partial charge in [-0.3, -0.25) is 4.79 Å². The Balaban J connectivity index is 2.27. The molecule has 1 amide bonds. The van der Waals surface area contributed by atoms with Crippen molar-refractivity contribution in [1.29, 1.82) is 0 Å². The van der Waals surface area contributed by atoms with Crippen LogP contribution in [-0.4, -0.2) is 19.0 Å². The van der Waals surface area contributed by atoms with Crippen molar-refractivity contribution in [3.05, 3.63) is 34.9 Å². The van der Waals surface area contributed by atoms with Crippen molar-refractivity contribution in [1.82, 2.24) is 10.6 Å². The van der Waals surface area contributed by atoms with E-state index in [4.69, 9.17) is 11.6 Å². The number of nitrogens with one attached hydrogen (secondary N) is 2. The van der Waals surface area contributed by atoms with Crippen LogP contribution in [0.25, 0.3) is 0 Å². The van der Waals surface area contributed by atoms with E-state index in [-0.39, 0.29) is 11.9 Å². The van der Waals surface area contributed by atoms with Crippen LogP contribution in [0.15, 0.2) is 24.3 Å². The Morgan fingerprint density at radius 1 is 1.21 bits per heavy atom. The molecule has 3 nitrogen and oxygen atoms in total. The Morgan fingerprint density at radius 3 is 2.42 bits per heavy atom. The fourth-order valence-corrected chi connectivity index (χ4v) is 1.80. The molecule has 0 radical (unpaired) electrons. The van der Waals surface area contributed by atoms with Crippen LogP contribution < -0.4 is 10.6 Å². The number of halogens is 1. The zero-order chi connectivity index (χ0) is 14.3. The standard InChI is InChI=1S/C15H23ClN2O/c1-11(2)8-9-17-15(19)10-18-12(3)13-4-6-14(16)7-5-13/h4-7,11-12,18H,8-10H2,1-3H3,(H,17,19). The molecule has 1 atom stereocenters. The monoisotopic (exact) mass is 282 g/mol. The van der Waals surface area contributed by atoms with Gasteiger partial charge in [0.2, 0.25) is 5.91 Å². The molecule has 0 spiro atoms. The van der Waals surface area contributed by atoms with Crippen molar-refractivity contribution < 1.29 is 4.79 Å². The van der Waals surface area contributed by atoms with E-state index in [2.05, 4.69) is 24.5 Å². The minimum absolute atomic E-state index is 0.0430. The summed E-state index contributed by atoms with van der Waals surface area (Å²) in [6.45, 7) is 7.40. The van der Waals surface area contributed by atoms with Gasteiger partial charge in [-0.15, -0.1) is 0 Å². The van der Waals surface area contributed by atoms with Crippen LogP contribution in [0.5, 0.6) is 0 Å². The molecule has 1 aromatic rings. The second-order valence-electron chi connectivity index (χ2n) is 5.19. The highest BCUT2D eigenvalue weighted by molar-refractivity contribution is 6.30. The van der Waals surface area contributed by atoms with E-state index >= 15 is 0 Å². The lowest BCUT2D eigenvalue weighted by Gasteiger charge is -2.14. The van der Waals surface area contributed by atoms with Crippen LogP contribution in [0, 0.1) is 5.92 Å². The predicted molar refractivity (Wildman–Crippen MR) is 80.3 cm³/mol. The van der Waals surface area contributed by atoms with Crippen LogP contribution in [0.4, 0.5) is 0 Å². The van der Waals surface area contributed by atoms with Crippen molar-refractivity contribution in [2.24, 2.45) is 5.92 Å². The lowest BCUT2D eigenvalue weighted by molar-refractivity contribution is -0.120. The van der Waals surface area contributed by atoms with Crippen molar-refractivity contribution in [2.75, 3.05) is 13.1 Å². The second-order valence-corrected chi connectivity index (χ2v) is 5.62. The number of carbonyl (C=O) groups excluding carboxylic acids is 1. The third kappa shape index (κ3) is 6.60. The summed E-state index contributed by atoms with van der Waals surface area (Å²) in [6.07, 6.45) is 1.01. The van der Waals surface area contributed by atoms with Crippen LogP contribution >= 0.6 is 11.6 Å². The summed E-state index contributed by atoms with van der Waals surface area (Å²) in [4.78, 5) is 11.6. The van der Waals surface area contributed by atoms with E-state index in [1.165, 1.54) is 0 Å². The highest BCUT2D eigenvalue weighted by Gasteiger charge is 2.07. The topological polar surface area (TPSA) is 41.1 Å². The first-order chi connectivity index (χ1) is 8.99. The van der Waals surface area contributed by atoms with Gasteiger partial charge in [-0.1, -0.05) is 37.6 Å². The molecular formula is C15H23ClN2O. The van der Waals surface area contributed by atoms with Crippen LogP contribution in [0.3, 0.4) is 0 Å². The Bertz CT molecular complexity index is 390. The van der Waals surface area contributed by atoms with Crippen molar-refractivity contribution in [3.8, 4) is 0 Å². The molecule has 1 aromatic carbocycles. The van der Waals surface area contributed by atoms with Crippen LogP contribution in [-0.2, 0) is 4.79 Å². The fourth-order valence-electron chi connectivity index (χ4n) is 1.68. The first-order valence-corrected chi connectivity index (χ1v) is 7.12. The maximum atomic E-state index is 11.6. The lowest BCUT2D eigenvalue weighted by atomic mass is 10.1. The summed E-state index contributed by atoms with van der Waals surface area (Å²) in [6, 6.07) is 7.79. The van der Waals surface area contributed by atoms with Gasteiger partial charge in [0, 0.05) is 17.6 Å². The van der Waals surface area contributed by atoms with E-state index < -0.39 is 0 Å². The average molecular weight is 283 g/mol. The Labute approximate surface area is 120 Å². The average Bonchev–Trinajstić information content (AvgIpc) is 2.36. The minimum atomic E-state index is 0.0430. The molecule has 0 aromatic heterocycles. The summed E-state index contributed by atoms with van der Waals surface area (Å²) in [7, 11) is 0. The lowest BCUT2D eigenvalue weighted by Crippen LogP contribution is -2.35. The number of rotatable bonds is 7. The van der Waals surface area contributed by atoms with Crippen molar-refractivity contribution >= 4 is 17.5 Å². The molecule has 19 heavy (non-hydrogen) atoms. The van der Waals surface area contributed by atoms with Gasteiger partial charge >= 0.3 is 0 Å². The molecule has 0 aliphatic rings. The Kier molecular flexibility index (Phi) is 6.89. The molecule has 0 saturated carbocycles. The summed E-state index contributed by atoms with van der Waals surface area (Å²) in [5.41, 5.74) is 1.12. The van der Waals surface area contributed by atoms with E-state index in [1.807, 2.05) is 31.2 Å². The Hall–Kier alpha value is -1.06. The van der Waals surface area contributed by atoms with Crippen molar-refractivity contribution in [3.63, 3.8) is 0 Å². The van der Waals surface area contributed by atoms with Crippen molar-refractivity contribution in [2.45, 2.75) is 33.2 Å². The van der Waals surface area contributed by atoms with Gasteiger partial charge in [0.1, 0.15) is 0 Å². The number of hydrogen-bond donors (Lipinski definition) is 2. The van der Waals surface area contributed by atoms with Gasteiger partial charge in [0.25, 0.3) is 0 Å². The number of amides is 1. The molecule has 4 heteroatoms. The first kappa shape index (κ1) is 16.0. The summed E-state index contributed by atoms with van der Waals surface area (Å²) in [5, 5.41) is 6.83. The fraction of sp³-hybridized carbons (Fsp3) is 0.533. The molecule has 0 fully saturated rings. The molecular weight excluding hydrogens is 260 g/mol. The van der Waals surface area contributed by atoms with Crippen LogP contribution in [0.2, 0.25) is 5.02 Å². The van der Waals surface area contributed by atoms with Gasteiger partial charge < -0.3 is 10.6 Å². The minimum Gasteiger partial charge on any atom is -0.355 e. The normalized spacial score (nSPS) is 12.5. The molecule has 0 saturated heterocycles. The highest BCUT2D eigenvalue weighted by Crippen LogP contribution is 2.15. The Morgan fingerprint density at radius 2 is 1.84 bits per heavy atom. The molecule has 2 N–H and O–H groups in total. The van der Waals surface area contributed by atoms with Gasteiger partial charge in [-0.05, 0) is 37.0 Å². The first-order valence-electron chi connectivity index (χ1n) is 6.74. The third-order valence-corrected chi connectivity index (χ3v) is 3.23. The molecule has 0 bridgehead atoms. The SMILES string of the molecule is CC(C)CCNC(=O)CNC(C)c1ccc(Cl)cc1. The molecule has 1 rings (SSSR count). The van der Waals surface area contributed by atoms with Gasteiger partial charge in [-0.25, -0.2) is 0 Å². The third-order valence-electron chi connectivity index (χ3n) is 2.98. The summed E-state index contributed by atoms with van der Waals surface area (Å²) >= 11 is 5.84. The van der Waals surface area contributed by atoms with Gasteiger partial charge in [0.05, 0.1) is 6.54 Å². The van der Waals surface area contributed by atoms with Gasteiger partial charge in [0.15, 0.2) is 0 Å². The molecule has 0 aliphatic heterocycles. The smallest absolute Gasteiger partial charge is 0.233 e. The number of hydrogen-bond acceptors (Lipinski definition) is 2. The van der Waals surface area contributed by atoms with E-state index in [1.54, 1.807) is 0 Å². The molecule has 106 valence electrons. The second kappa shape index (κ2) is 8.18. The van der Waals surface area contributed by atoms with E-state index in [0.717, 1.165) is 23.6 Å². The van der Waals surface area contributed by atoms with E-state index in [0.29, 0.717) is 12.5 Å². The summed E-state index contributed by atoms with van der Waals surface area (Å²) in [5.74, 6) is 0.655. The van der Waals surface area contributed by atoms with E-state index in [9.17, 15) is 4.79 Å². The maximum Gasteiger partial charge on any atom is 0.233 e. The summed E-state index contributed by atoms with van der Waals surface area (Å²) < 4.78 is 0. The van der Waals surface area contributed by atoms with Crippen LogP contribution in [0.1, 0.15) is 38.8 Å². The highest BCUT2D eigenvalue weighted by atomic mass is 35.5. The number of carbonyl (C=O) groups is 1. The zero-order valence-corrected chi connectivity index (χ0v) is 12.6. The largest absolute Gasteiger partial charge is 0.355 e.